The van der Waals surface area contributed by atoms with E-state index in [0.717, 1.165) is 31.4 Å². The van der Waals surface area contributed by atoms with Crippen LogP contribution in [0.4, 0.5) is 5.69 Å². The molecule has 37 heavy (non-hydrogen) atoms. The van der Waals surface area contributed by atoms with Gasteiger partial charge in [-0.1, -0.05) is 103 Å². The number of nitrogens with one attached hydrogen (secondary N) is 1. The standard InChI is InChI=1S/C27H43NO6.3Na/c1-2-3-4-5-6-7-8-9-10-11-12-13-14-15-16-17-18-28-21-19-22(25(29)30)24(27(33)34)23(20-21)26(31)32;;;/h19-20,28H,2-18H2,1H3,(H,29,30)(H,31,32)(H,33,34);;;/q;3*+1/p-3. The van der Waals surface area contributed by atoms with Gasteiger partial charge in [-0.15, -0.1) is 0 Å². The summed E-state index contributed by atoms with van der Waals surface area (Å²) in [6, 6.07) is 2.11. The Hall–Kier alpha value is 0.430. The van der Waals surface area contributed by atoms with Gasteiger partial charge in [-0.3, -0.25) is 0 Å². The van der Waals surface area contributed by atoms with Crippen molar-refractivity contribution < 1.29 is 118 Å². The number of hydrogen-bond donors (Lipinski definition) is 1. The van der Waals surface area contributed by atoms with E-state index in [2.05, 4.69) is 12.2 Å². The summed E-state index contributed by atoms with van der Waals surface area (Å²) >= 11 is 0. The number of anilines is 1. The van der Waals surface area contributed by atoms with Crippen molar-refractivity contribution in [2.24, 2.45) is 0 Å². The Morgan fingerprint density at radius 3 is 1.19 bits per heavy atom. The molecule has 0 atom stereocenters. The predicted molar refractivity (Wildman–Crippen MR) is 127 cm³/mol. The fourth-order valence-electron chi connectivity index (χ4n) is 4.19. The van der Waals surface area contributed by atoms with Crippen LogP contribution in [0.1, 0.15) is 141 Å². The van der Waals surface area contributed by atoms with Gasteiger partial charge >= 0.3 is 88.7 Å². The fraction of sp³-hybridized carbons (Fsp3) is 0.667. The topological polar surface area (TPSA) is 132 Å². The van der Waals surface area contributed by atoms with Gasteiger partial charge in [0.25, 0.3) is 0 Å². The van der Waals surface area contributed by atoms with E-state index in [1.165, 1.54) is 83.5 Å². The summed E-state index contributed by atoms with van der Waals surface area (Å²) in [7, 11) is 0. The number of carbonyl (C=O) groups excluding carboxylic acids is 3. The molecule has 0 heterocycles. The number of carboxylic acid groups (broad SMARTS) is 3. The van der Waals surface area contributed by atoms with Gasteiger partial charge < -0.3 is 35.0 Å². The van der Waals surface area contributed by atoms with Gasteiger partial charge in [0.1, 0.15) is 0 Å². The average molecular weight is 544 g/mol. The third-order valence-corrected chi connectivity index (χ3v) is 6.14. The Kier molecular flexibility index (Phi) is 30.2. The molecule has 0 fully saturated rings. The molecule has 0 aliphatic rings. The van der Waals surface area contributed by atoms with Crippen molar-refractivity contribution in [3.8, 4) is 0 Å². The van der Waals surface area contributed by atoms with Crippen LogP contribution in [0.3, 0.4) is 0 Å². The van der Waals surface area contributed by atoms with Crippen LogP contribution in [0.25, 0.3) is 0 Å². The Bertz CT molecular complexity index is 742. The molecule has 0 saturated heterocycles. The minimum atomic E-state index is -1.90. The summed E-state index contributed by atoms with van der Waals surface area (Å²) in [6.45, 7) is 2.76. The second-order valence-electron chi connectivity index (χ2n) is 9.04. The van der Waals surface area contributed by atoms with Gasteiger partial charge in [0.05, 0.1) is 17.9 Å². The van der Waals surface area contributed by atoms with Crippen LogP contribution in [0.5, 0.6) is 0 Å². The van der Waals surface area contributed by atoms with Crippen LogP contribution in [0.2, 0.25) is 0 Å². The quantitative estimate of drug-likeness (QED) is 0.121. The van der Waals surface area contributed by atoms with Crippen molar-refractivity contribution in [2.75, 3.05) is 11.9 Å². The number of hydrogen-bond acceptors (Lipinski definition) is 7. The molecule has 1 aromatic rings. The second-order valence-corrected chi connectivity index (χ2v) is 9.04. The fourth-order valence-corrected chi connectivity index (χ4v) is 4.19. The zero-order valence-electron chi connectivity index (χ0n) is 23.6. The van der Waals surface area contributed by atoms with Crippen molar-refractivity contribution in [1.29, 1.82) is 0 Å². The molecule has 0 aromatic heterocycles. The number of unbranched alkanes of at least 4 members (excludes halogenated alkanes) is 15. The van der Waals surface area contributed by atoms with E-state index in [4.69, 9.17) is 0 Å². The molecule has 10 heteroatoms. The molecule has 0 aliphatic carbocycles. The molecular formula is C27H40NNa3O6. The molecule has 1 N–H and O–H groups in total. The first-order chi connectivity index (χ1) is 16.4. The molecule has 1 rings (SSSR count). The first-order valence-electron chi connectivity index (χ1n) is 12.9. The summed E-state index contributed by atoms with van der Waals surface area (Å²) in [5.41, 5.74) is -2.22. The van der Waals surface area contributed by atoms with E-state index in [-0.39, 0.29) is 94.4 Å². The van der Waals surface area contributed by atoms with E-state index in [0.29, 0.717) is 6.54 Å². The van der Waals surface area contributed by atoms with Crippen LogP contribution in [0, 0.1) is 0 Å². The maximum Gasteiger partial charge on any atom is 1.00 e. The molecule has 0 aliphatic heterocycles. The summed E-state index contributed by atoms with van der Waals surface area (Å²) in [6.07, 6.45) is 20.2. The van der Waals surface area contributed by atoms with Gasteiger partial charge in [-0.05, 0) is 18.6 Å². The molecule has 1 aromatic carbocycles. The maximum absolute atomic E-state index is 11.2. The van der Waals surface area contributed by atoms with Crippen molar-refractivity contribution in [1.82, 2.24) is 0 Å². The van der Waals surface area contributed by atoms with E-state index in [1.54, 1.807) is 0 Å². The van der Waals surface area contributed by atoms with E-state index in [9.17, 15) is 29.7 Å². The molecule has 0 unspecified atom stereocenters. The minimum Gasteiger partial charge on any atom is -0.545 e. The third kappa shape index (κ3) is 19.2. The second kappa shape index (κ2) is 26.6. The minimum absolute atomic E-state index is 0. The number of rotatable bonds is 21. The first-order valence-corrected chi connectivity index (χ1v) is 12.9. The monoisotopic (exact) mass is 543 g/mol. The van der Waals surface area contributed by atoms with Gasteiger partial charge in [0.2, 0.25) is 0 Å². The zero-order chi connectivity index (χ0) is 25.2. The van der Waals surface area contributed by atoms with E-state index in [1.807, 2.05) is 0 Å². The maximum atomic E-state index is 11.2. The Labute approximate surface area is 289 Å². The largest absolute Gasteiger partial charge is 1.00 e. The van der Waals surface area contributed by atoms with Crippen LogP contribution in [-0.4, -0.2) is 24.5 Å². The summed E-state index contributed by atoms with van der Waals surface area (Å²) in [4.78, 5) is 33.7. The number of benzene rings is 1. The summed E-state index contributed by atoms with van der Waals surface area (Å²) in [5, 5.41) is 36.6. The molecule has 7 nitrogen and oxygen atoms in total. The Morgan fingerprint density at radius 1 is 0.568 bits per heavy atom. The Balaban J connectivity index is -0.00000385. The van der Waals surface area contributed by atoms with Gasteiger partial charge in [-0.25, -0.2) is 0 Å². The summed E-state index contributed by atoms with van der Waals surface area (Å²) in [5.74, 6) is -5.47. The smallest absolute Gasteiger partial charge is 0.545 e. The molecular weight excluding hydrogens is 503 g/mol. The van der Waals surface area contributed by atoms with Crippen LogP contribution in [0.15, 0.2) is 12.1 Å². The summed E-state index contributed by atoms with van der Waals surface area (Å²) < 4.78 is 0. The molecule has 0 bridgehead atoms. The molecule has 0 amide bonds. The average Bonchev–Trinajstić information content (AvgIpc) is 2.80. The SMILES string of the molecule is CCCCCCCCCCCCCCCCCCNc1cc(C(=O)[O-])c(C(=O)[O-])c(C(=O)[O-])c1.[Na+].[Na+].[Na+]. The number of carboxylic acids is 3. The third-order valence-electron chi connectivity index (χ3n) is 6.14. The van der Waals surface area contributed by atoms with E-state index < -0.39 is 34.6 Å². The van der Waals surface area contributed by atoms with Crippen LogP contribution < -0.4 is 109 Å². The molecule has 0 saturated carbocycles. The number of carbonyl (C=O) groups is 3. The Morgan fingerprint density at radius 2 is 0.892 bits per heavy atom. The van der Waals surface area contributed by atoms with Crippen molar-refractivity contribution in [3.05, 3.63) is 28.8 Å². The predicted octanol–water partition coefficient (Wildman–Crippen LogP) is -5.54. The molecule has 0 spiro atoms. The molecule has 0 radical (unpaired) electrons. The van der Waals surface area contributed by atoms with Crippen molar-refractivity contribution >= 4 is 23.6 Å². The van der Waals surface area contributed by atoms with Crippen LogP contribution in [-0.2, 0) is 0 Å². The van der Waals surface area contributed by atoms with E-state index >= 15 is 0 Å². The van der Waals surface area contributed by atoms with Crippen molar-refractivity contribution in [2.45, 2.75) is 110 Å². The zero-order valence-corrected chi connectivity index (χ0v) is 29.6. The normalized spacial score (nSPS) is 9.97. The van der Waals surface area contributed by atoms with Crippen LogP contribution >= 0.6 is 0 Å². The van der Waals surface area contributed by atoms with Gasteiger partial charge in [-0.2, -0.15) is 0 Å². The number of aromatic carboxylic acids is 3. The molecule has 192 valence electrons. The van der Waals surface area contributed by atoms with Gasteiger partial charge in [0.15, 0.2) is 0 Å². The van der Waals surface area contributed by atoms with Crippen molar-refractivity contribution in [3.63, 3.8) is 0 Å². The van der Waals surface area contributed by atoms with Gasteiger partial charge in [0, 0.05) is 28.9 Å². The first kappa shape index (κ1) is 41.9.